The number of rotatable bonds is 9. The van der Waals surface area contributed by atoms with Crippen molar-refractivity contribution in [2.75, 3.05) is 31.6 Å². The fourth-order valence-electron chi connectivity index (χ4n) is 2.38. The Morgan fingerprint density at radius 3 is 2.14 bits per heavy atom. The van der Waals surface area contributed by atoms with E-state index < -0.39 is 18.6 Å². The van der Waals surface area contributed by atoms with Gasteiger partial charge in [-0.25, -0.2) is 0 Å². The summed E-state index contributed by atoms with van der Waals surface area (Å²) in [7, 11) is 0. The van der Waals surface area contributed by atoms with E-state index in [0.717, 1.165) is 0 Å². The first-order valence-corrected chi connectivity index (χ1v) is 11.9. The van der Waals surface area contributed by atoms with Gasteiger partial charge in [0.2, 0.25) is 5.91 Å². The largest absolute Gasteiger partial charge is 0.394 e. The third kappa shape index (κ3) is 6.84. The molecule has 0 bridgehead atoms. The normalized spacial score (nSPS) is 16.1. The van der Waals surface area contributed by atoms with E-state index in [2.05, 4.69) is 16.0 Å². The number of aliphatic hydroxyl groups excluding tert-OH is 2. The molecule has 0 saturated carbocycles. The van der Waals surface area contributed by atoms with E-state index in [4.69, 9.17) is 9.84 Å². The van der Waals surface area contributed by atoms with E-state index in [0.29, 0.717) is 41.5 Å². The molecule has 12 heteroatoms. The summed E-state index contributed by atoms with van der Waals surface area (Å²) in [6, 6.07) is 0. The molecule has 1 aromatic rings. The maximum Gasteiger partial charge on any atom is 0.253 e. The molecule has 2 rings (SSSR count). The van der Waals surface area contributed by atoms with Crippen LogP contribution >= 0.6 is 67.8 Å². The van der Waals surface area contributed by atoms with Crippen LogP contribution in [-0.4, -0.2) is 66.4 Å². The van der Waals surface area contributed by atoms with E-state index in [9.17, 15) is 19.5 Å². The van der Waals surface area contributed by atoms with E-state index in [1.165, 1.54) is 6.92 Å². The van der Waals surface area contributed by atoms with Crippen molar-refractivity contribution in [1.82, 2.24) is 10.6 Å². The number of carbonyl (C=O) groups excluding carboxylic acids is 3. The minimum atomic E-state index is -1.10. The lowest BCUT2D eigenvalue weighted by Gasteiger charge is -2.19. The summed E-state index contributed by atoms with van der Waals surface area (Å²) >= 11 is 5.87. The summed E-state index contributed by atoms with van der Waals surface area (Å²) in [6.45, 7) is 1.84. The van der Waals surface area contributed by atoms with Gasteiger partial charge in [0, 0.05) is 23.6 Å². The molecule has 2 unspecified atom stereocenters. The smallest absolute Gasteiger partial charge is 0.253 e. The molecule has 2 atom stereocenters. The average molecular weight is 743 g/mol. The van der Waals surface area contributed by atoms with Crippen LogP contribution in [0.4, 0.5) is 5.69 Å². The summed E-state index contributed by atoms with van der Waals surface area (Å²) < 4.78 is 6.57. The van der Waals surface area contributed by atoms with Crippen molar-refractivity contribution in [3.8, 4) is 0 Å². The third-order valence-electron chi connectivity index (χ3n) is 3.94. The van der Waals surface area contributed by atoms with Gasteiger partial charge < -0.3 is 30.9 Å². The lowest BCUT2D eigenvalue weighted by atomic mass is 10.1. The second-order valence-corrected chi connectivity index (χ2v) is 9.53. The van der Waals surface area contributed by atoms with Crippen LogP contribution in [0.1, 0.15) is 34.1 Å². The maximum atomic E-state index is 12.8. The van der Waals surface area contributed by atoms with Crippen LogP contribution in [-0.2, 0) is 9.53 Å². The second-order valence-electron chi connectivity index (χ2n) is 6.29. The van der Waals surface area contributed by atoms with Crippen LogP contribution < -0.4 is 16.0 Å². The maximum absolute atomic E-state index is 12.8. The zero-order valence-corrected chi connectivity index (χ0v) is 21.8. The number of epoxide rings is 1. The lowest BCUT2D eigenvalue weighted by molar-refractivity contribution is -0.114. The first kappa shape index (κ1) is 25.0. The standard InChI is InChI=1S/C17H20I3N3O6/c1-7(25)23-15-13(19)10(16(27)21-3-2-9-6-29-9)12(18)11(14(15)20)17(28)22-4-8(26)5-24/h8-9,24,26H,2-6H2,1H3,(H,21,27)(H,22,28)(H,23,25). The van der Waals surface area contributed by atoms with Crippen molar-refractivity contribution in [2.24, 2.45) is 0 Å². The number of aliphatic hydroxyl groups is 2. The highest BCUT2D eigenvalue weighted by Crippen LogP contribution is 2.35. The lowest BCUT2D eigenvalue weighted by Crippen LogP contribution is -2.36. The highest BCUT2D eigenvalue weighted by atomic mass is 127. The molecular weight excluding hydrogens is 723 g/mol. The topological polar surface area (TPSA) is 140 Å². The zero-order chi connectivity index (χ0) is 21.7. The molecule has 9 nitrogen and oxygen atoms in total. The van der Waals surface area contributed by atoms with Crippen molar-refractivity contribution in [1.29, 1.82) is 0 Å². The van der Waals surface area contributed by atoms with E-state index in [-0.39, 0.29) is 30.0 Å². The number of ether oxygens (including phenoxy) is 1. The number of benzene rings is 1. The number of anilines is 1. The number of hydrogen-bond donors (Lipinski definition) is 5. The number of carbonyl (C=O) groups is 3. The molecular formula is C17H20I3N3O6. The van der Waals surface area contributed by atoms with Crippen molar-refractivity contribution < 1.29 is 29.3 Å². The minimum Gasteiger partial charge on any atom is -0.394 e. The average Bonchev–Trinajstić information content (AvgIpc) is 3.47. The Morgan fingerprint density at radius 2 is 1.66 bits per heavy atom. The number of nitrogens with one attached hydrogen (secondary N) is 3. The highest BCUT2D eigenvalue weighted by Gasteiger charge is 2.29. The van der Waals surface area contributed by atoms with Crippen LogP contribution in [0.15, 0.2) is 0 Å². The molecule has 1 aliphatic heterocycles. The third-order valence-corrected chi connectivity index (χ3v) is 7.17. The van der Waals surface area contributed by atoms with E-state index >= 15 is 0 Å². The van der Waals surface area contributed by atoms with Gasteiger partial charge in [-0.15, -0.1) is 0 Å². The van der Waals surface area contributed by atoms with E-state index in [1.807, 2.05) is 67.8 Å². The van der Waals surface area contributed by atoms with E-state index in [1.54, 1.807) is 0 Å². The number of hydrogen-bond acceptors (Lipinski definition) is 6. The van der Waals surface area contributed by atoms with Crippen molar-refractivity contribution in [3.05, 3.63) is 21.8 Å². The van der Waals surface area contributed by atoms with Crippen LogP contribution in [0.3, 0.4) is 0 Å². The Labute approximate surface area is 208 Å². The van der Waals surface area contributed by atoms with Gasteiger partial charge in [-0.1, -0.05) is 0 Å². The summed E-state index contributed by atoms with van der Waals surface area (Å²) in [4.78, 5) is 37.3. The van der Waals surface area contributed by atoms with Crippen molar-refractivity contribution in [2.45, 2.75) is 25.6 Å². The van der Waals surface area contributed by atoms with Crippen LogP contribution in [0.2, 0.25) is 0 Å². The van der Waals surface area contributed by atoms with Gasteiger partial charge in [-0.2, -0.15) is 0 Å². The molecule has 160 valence electrons. The molecule has 1 heterocycles. The number of halogens is 3. The van der Waals surface area contributed by atoms with Gasteiger partial charge in [0.1, 0.15) is 0 Å². The zero-order valence-electron chi connectivity index (χ0n) is 15.4. The fraction of sp³-hybridized carbons (Fsp3) is 0.471. The quantitative estimate of drug-likeness (QED) is 0.190. The van der Waals surface area contributed by atoms with Crippen LogP contribution in [0.25, 0.3) is 0 Å². The molecule has 3 amide bonds. The molecule has 1 aromatic carbocycles. The molecule has 29 heavy (non-hydrogen) atoms. The van der Waals surface area contributed by atoms with Crippen molar-refractivity contribution in [3.63, 3.8) is 0 Å². The molecule has 1 aliphatic rings. The fourth-order valence-corrected chi connectivity index (χ4v) is 6.80. The molecule has 5 N–H and O–H groups in total. The summed E-state index contributed by atoms with van der Waals surface area (Å²) in [5.74, 6) is -1.21. The Balaban J connectivity index is 2.40. The summed E-state index contributed by atoms with van der Waals surface area (Å²) in [6.07, 6.45) is -0.214. The first-order chi connectivity index (χ1) is 13.7. The highest BCUT2D eigenvalue weighted by molar-refractivity contribution is 14.1. The predicted molar refractivity (Wildman–Crippen MR) is 131 cm³/mol. The molecule has 0 radical (unpaired) electrons. The van der Waals surface area contributed by atoms with Gasteiger partial charge in [0.05, 0.1) is 49.4 Å². The predicted octanol–water partition coefficient (Wildman–Crippen LogP) is 1.06. The Bertz CT molecular complexity index is 816. The Morgan fingerprint density at radius 1 is 1.10 bits per heavy atom. The van der Waals surface area contributed by atoms with Crippen LogP contribution in [0.5, 0.6) is 0 Å². The van der Waals surface area contributed by atoms with Gasteiger partial charge >= 0.3 is 0 Å². The van der Waals surface area contributed by atoms with Crippen molar-refractivity contribution >= 4 is 91.2 Å². The van der Waals surface area contributed by atoms with Gasteiger partial charge in [0.25, 0.3) is 11.8 Å². The molecule has 0 spiro atoms. The Kier molecular flexibility index (Phi) is 9.78. The molecule has 1 fully saturated rings. The number of amides is 3. The Hall–Kier alpha value is -0.300. The van der Waals surface area contributed by atoms with Gasteiger partial charge in [-0.05, 0) is 74.2 Å². The summed E-state index contributed by atoms with van der Waals surface area (Å²) in [5, 5.41) is 26.5. The second kappa shape index (κ2) is 11.4. The van der Waals surface area contributed by atoms with Gasteiger partial charge in [0.15, 0.2) is 0 Å². The van der Waals surface area contributed by atoms with Gasteiger partial charge in [-0.3, -0.25) is 14.4 Å². The monoisotopic (exact) mass is 743 g/mol. The summed E-state index contributed by atoms with van der Waals surface area (Å²) in [5.41, 5.74) is 0.888. The molecule has 0 aliphatic carbocycles. The molecule has 0 aromatic heterocycles. The molecule has 1 saturated heterocycles. The van der Waals surface area contributed by atoms with Crippen LogP contribution in [0, 0.1) is 10.7 Å². The first-order valence-electron chi connectivity index (χ1n) is 8.62. The SMILES string of the molecule is CC(=O)Nc1c(I)c(C(=O)NCCC2CO2)c(I)c(C(=O)NCC(O)CO)c1I. The minimum absolute atomic E-state index is 0.147.